The normalized spacial score (nSPS) is 11.8. The molecule has 28 heavy (non-hydrogen) atoms. The molecule has 0 radical (unpaired) electrons. The van der Waals surface area contributed by atoms with Crippen molar-refractivity contribution in [2.24, 2.45) is 0 Å². The van der Waals surface area contributed by atoms with E-state index in [1.165, 1.54) is 18.3 Å². The molecule has 0 saturated heterocycles. The van der Waals surface area contributed by atoms with Crippen LogP contribution in [0.25, 0.3) is 10.9 Å². The summed E-state index contributed by atoms with van der Waals surface area (Å²) in [5.41, 5.74) is 3.40. The summed E-state index contributed by atoms with van der Waals surface area (Å²) in [6.07, 6.45) is 3.26. The van der Waals surface area contributed by atoms with Gasteiger partial charge in [-0.3, -0.25) is 0 Å². The van der Waals surface area contributed by atoms with Crippen LogP contribution in [0.2, 0.25) is 0 Å². The van der Waals surface area contributed by atoms with E-state index in [1.807, 2.05) is 13.8 Å². The first kappa shape index (κ1) is 20.1. The minimum atomic E-state index is -3.70. The molecule has 0 N–H and O–H groups in total. The van der Waals surface area contributed by atoms with Gasteiger partial charge in [0.25, 0.3) is 0 Å². The smallest absolute Gasteiger partial charge is 0.306 e. The molecule has 3 rings (SSSR count). The van der Waals surface area contributed by atoms with Crippen LogP contribution in [0.3, 0.4) is 0 Å². The van der Waals surface area contributed by atoms with Gasteiger partial charge in [-0.05, 0) is 43.5 Å². The summed E-state index contributed by atoms with van der Waals surface area (Å²) in [4.78, 5) is 4.31. The molecule has 8 heteroatoms. The highest BCUT2D eigenvalue weighted by atomic mass is 32.2. The number of fused-ring (bicyclic) bond motifs is 1. The zero-order valence-corrected chi connectivity index (χ0v) is 17.1. The zero-order chi connectivity index (χ0) is 20.5. The minimum Gasteiger partial charge on any atom is -0.471 e. The first-order valence-corrected chi connectivity index (χ1v) is 10.8. The number of halogens is 1. The number of hydrogen-bond donors (Lipinski definition) is 0. The van der Waals surface area contributed by atoms with Crippen molar-refractivity contribution in [3.8, 4) is 11.6 Å². The van der Waals surface area contributed by atoms with Gasteiger partial charge < -0.3 is 13.5 Å². The number of benzene rings is 1. The van der Waals surface area contributed by atoms with Gasteiger partial charge in [-0.15, -0.1) is 0 Å². The first-order valence-electron chi connectivity index (χ1n) is 8.96. The van der Waals surface area contributed by atoms with Gasteiger partial charge in [-0.1, -0.05) is 19.1 Å². The summed E-state index contributed by atoms with van der Waals surface area (Å²) in [6.45, 7) is 6.89. The van der Waals surface area contributed by atoms with Gasteiger partial charge in [-0.2, -0.15) is 8.42 Å². The molecule has 0 aliphatic carbocycles. The Kier molecular flexibility index (Phi) is 5.60. The second kappa shape index (κ2) is 7.79. The Bertz CT molecular complexity index is 1110. The van der Waals surface area contributed by atoms with E-state index in [4.69, 9.17) is 8.92 Å². The lowest BCUT2D eigenvalue weighted by Gasteiger charge is -2.13. The van der Waals surface area contributed by atoms with Crippen LogP contribution in [0.15, 0.2) is 30.5 Å². The van der Waals surface area contributed by atoms with Gasteiger partial charge >= 0.3 is 10.1 Å². The third-order valence-electron chi connectivity index (χ3n) is 4.55. The van der Waals surface area contributed by atoms with Crippen LogP contribution in [0.4, 0.5) is 4.39 Å². The fourth-order valence-electron chi connectivity index (χ4n) is 3.20. The molecule has 1 aromatic carbocycles. The molecule has 0 fully saturated rings. The summed E-state index contributed by atoms with van der Waals surface area (Å²) in [7, 11) is -3.70. The summed E-state index contributed by atoms with van der Waals surface area (Å²) in [5.74, 6) is 0.251. The van der Waals surface area contributed by atoms with Gasteiger partial charge in [-0.25, -0.2) is 9.37 Å². The van der Waals surface area contributed by atoms with Crippen LogP contribution in [-0.2, 0) is 23.3 Å². The standard InChI is InChI=1S/C20H23FN2O4S/c1-5-10-23-14(3)13(2)18-17(27-28(4,24)25)11-22-20(19(18)23)26-12-15-6-8-16(21)9-7-15/h6-9,11H,5,10,12H2,1-4H3. The largest absolute Gasteiger partial charge is 0.471 e. The predicted molar refractivity (Wildman–Crippen MR) is 106 cm³/mol. The fourth-order valence-corrected chi connectivity index (χ4v) is 3.65. The fraction of sp³-hybridized carbons (Fsp3) is 0.350. The van der Waals surface area contributed by atoms with Gasteiger partial charge in [0.15, 0.2) is 5.75 Å². The SMILES string of the molecule is CCCn1c(C)c(C)c2c(OS(C)(=O)=O)cnc(OCc3ccc(F)cc3)c21. The number of ether oxygens (including phenoxy) is 1. The maximum Gasteiger partial charge on any atom is 0.306 e. The third kappa shape index (κ3) is 4.11. The van der Waals surface area contributed by atoms with Crippen LogP contribution in [-0.4, -0.2) is 24.2 Å². The van der Waals surface area contributed by atoms with E-state index in [0.29, 0.717) is 16.8 Å². The predicted octanol–water partition coefficient (Wildman–Crippen LogP) is 4.12. The Morgan fingerprint density at radius 2 is 1.86 bits per heavy atom. The highest BCUT2D eigenvalue weighted by molar-refractivity contribution is 7.86. The Labute approximate surface area is 164 Å². The van der Waals surface area contributed by atoms with E-state index in [9.17, 15) is 12.8 Å². The van der Waals surface area contributed by atoms with E-state index >= 15 is 0 Å². The number of rotatable bonds is 7. The lowest BCUT2D eigenvalue weighted by Crippen LogP contribution is -2.08. The number of nitrogens with zero attached hydrogens (tertiary/aromatic N) is 2. The van der Waals surface area contributed by atoms with Crippen LogP contribution in [0.1, 0.15) is 30.2 Å². The molecule has 0 amide bonds. The van der Waals surface area contributed by atoms with Crippen molar-refractivity contribution >= 4 is 21.0 Å². The highest BCUT2D eigenvalue weighted by Gasteiger charge is 2.22. The molecule has 0 bridgehead atoms. The number of pyridine rings is 1. The molecule has 0 aliphatic heterocycles. The number of aromatic nitrogens is 2. The molecule has 0 spiro atoms. The van der Waals surface area contributed by atoms with Gasteiger partial charge in [0.2, 0.25) is 5.88 Å². The zero-order valence-electron chi connectivity index (χ0n) is 16.3. The first-order chi connectivity index (χ1) is 13.2. The quantitative estimate of drug-likeness (QED) is 0.552. The molecule has 2 aromatic heterocycles. The summed E-state index contributed by atoms with van der Waals surface area (Å²) < 4.78 is 49.6. The highest BCUT2D eigenvalue weighted by Crippen LogP contribution is 2.38. The van der Waals surface area contributed by atoms with Crippen molar-refractivity contribution in [1.29, 1.82) is 0 Å². The van der Waals surface area contributed by atoms with E-state index in [-0.39, 0.29) is 18.2 Å². The summed E-state index contributed by atoms with van der Waals surface area (Å²) in [5, 5.41) is 0.667. The molecule has 150 valence electrons. The summed E-state index contributed by atoms with van der Waals surface area (Å²) in [6, 6.07) is 6.04. The van der Waals surface area contributed by atoms with E-state index in [0.717, 1.165) is 36.0 Å². The lowest BCUT2D eigenvalue weighted by atomic mass is 10.2. The van der Waals surface area contributed by atoms with Crippen LogP contribution in [0.5, 0.6) is 11.6 Å². The Morgan fingerprint density at radius 1 is 1.18 bits per heavy atom. The average molecular weight is 406 g/mol. The number of hydrogen-bond acceptors (Lipinski definition) is 5. The second-order valence-electron chi connectivity index (χ2n) is 6.72. The van der Waals surface area contributed by atoms with Crippen molar-refractivity contribution in [3.05, 3.63) is 53.1 Å². The third-order valence-corrected chi connectivity index (χ3v) is 5.04. The topological polar surface area (TPSA) is 70.4 Å². The van der Waals surface area contributed by atoms with E-state index in [1.54, 1.807) is 12.1 Å². The summed E-state index contributed by atoms with van der Waals surface area (Å²) >= 11 is 0. The van der Waals surface area contributed by atoms with Gasteiger partial charge in [0.1, 0.15) is 17.9 Å². The van der Waals surface area contributed by atoms with Crippen molar-refractivity contribution in [2.75, 3.05) is 6.26 Å². The molecular weight excluding hydrogens is 383 g/mol. The molecule has 0 aliphatic rings. The Balaban J connectivity index is 2.10. The molecular formula is C20H23FN2O4S. The molecule has 2 heterocycles. The van der Waals surface area contributed by atoms with E-state index < -0.39 is 10.1 Å². The van der Waals surface area contributed by atoms with Gasteiger partial charge in [0.05, 0.1) is 17.8 Å². The number of aryl methyl sites for hydroxylation is 2. The van der Waals surface area contributed by atoms with E-state index in [2.05, 4.69) is 16.5 Å². The minimum absolute atomic E-state index is 0.182. The molecule has 0 atom stereocenters. The molecule has 3 aromatic rings. The average Bonchev–Trinajstić information content (AvgIpc) is 2.87. The lowest BCUT2D eigenvalue weighted by molar-refractivity contribution is 0.296. The second-order valence-corrected chi connectivity index (χ2v) is 8.29. The van der Waals surface area contributed by atoms with Crippen molar-refractivity contribution in [1.82, 2.24) is 9.55 Å². The molecule has 6 nitrogen and oxygen atoms in total. The maximum atomic E-state index is 13.1. The van der Waals surface area contributed by atoms with Crippen molar-refractivity contribution in [3.63, 3.8) is 0 Å². The van der Waals surface area contributed by atoms with Crippen LogP contribution < -0.4 is 8.92 Å². The van der Waals surface area contributed by atoms with Crippen LogP contribution in [0, 0.1) is 19.7 Å². The van der Waals surface area contributed by atoms with Crippen LogP contribution >= 0.6 is 0 Å². The molecule has 0 unspecified atom stereocenters. The monoisotopic (exact) mass is 406 g/mol. The van der Waals surface area contributed by atoms with Crippen molar-refractivity contribution in [2.45, 2.75) is 40.3 Å². The van der Waals surface area contributed by atoms with Gasteiger partial charge in [0, 0.05) is 12.2 Å². The van der Waals surface area contributed by atoms with Crippen molar-refractivity contribution < 1.29 is 21.7 Å². The molecule has 0 saturated carbocycles. The Morgan fingerprint density at radius 3 is 2.46 bits per heavy atom. The maximum absolute atomic E-state index is 13.1. The Hall–Kier alpha value is -2.61.